The number of Topliss-reactive ketones (excluding diaryl/α,β-unsaturated/α-hetero) is 1. The van der Waals surface area contributed by atoms with Gasteiger partial charge >= 0.3 is 5.97 Å². The van der Waals surface area contributed by atoms with Gasteiger partial charge in [-0.05, 0) is 18.8 Å². The molecular formula is C16H26O5. The summed E-state index contributed by atoms with van der Waals surface area (Å²) in [5.74, 6) is -1.52. The zero-order valence-electron chi connectivity index (χ0n) is 13.4. The van der Waals surface area contributed by atoms with Gasteiger partial charge in [-0.2, -0.15) is 0 Å². The van der Waals surface area contributed by atoms with Gasteiger partial charge in [-0.3, -0.25) is 9.59 Å². The van der Waals surface area contributed by atoms with Crippen LogP contribution < -0.4 is 0 Å². The molecule has 21 heavy (non-hydrogen) atoms. The molecule has 0 aromatic heterocycles. The Labute approximate surface area is 126 Å². The summed E-state index contributed by atoms with van der Waals surface area (Å²) in [6.07, 6.45) is 2.37. The van der Waals surface area contributed by atoms with Crippen LogP contribution in [0, 0.1) is 17.3 Å². The molecule has 0 N–H and O–H groups in total. The SMILES string of the molecule is CCC1(C[C@H]2CC(=O)C(C(=O)OC)C2)OCC(C)(C)CO1. The Morgan fingerprint density at radius 3 is 2.48 bits per heavy atom. The lowest BCUT2D eigenvalue weighted by atomic mass is 9.90. The monoisotopic (exact) mass is 298 g/mol. The van der Waals surface area contributed by atoms with Crippen molar-refractivity contribution in [3.63, 3.8) is 0 Å². The number of ketones is 1. The average Bonchev–Trinajstić information content (AvgIpc) is 2.81. The Balaban J connectivity index is 1.98. The molecule has 2 fully saturated rings. The number of carbonyl (C=O) groups excluding carboxylic acids is 2. The van der Waals surface area contributed by atoms with Crippen molar-refractivity contribution in [2.75, 3.05) is 20.3 Å². The molecule has 0 radical (unpaired) electrons. The van der Waals surface area contributed by atoms with Gasteiger partial charge in [0.1, 0.15) is 11.7 Å². The molecule has 0 aromatic rings. The first-order valence-corrected chi connectivity index (χ1v) is 7.69. The van der Waals surface area contributed by atoms with Crippen molar-refractivity contribution in [2.24, 2.45) is 17.3 Å². The van der Waals surface area contributed by atoms with Crippen LogP contribution in [0.5, 0.6) is 0 Å². The standard InChI is InChI=1S/C16H26O5/c1-5-16(20-9-15(2,3)10-21-16)8-11-6-12(13(17)7-11)14(18)19-4/h11-12H,5-10H2,1-4H3/t11-,12?/m1/s1. The molecule has 0 amide bonds. The second kappa shape index (κ2) is 6.05. The molecule has 0 bridgehead atoms. The zero-order valence-corrected chi connectivity index (χ0v) is 13.4. The third kappa shape index (κ3) is 3.64. The highest BCUT2D eigenvalue weighted by Crippen LogP contribution is 2.40. The molecule has 2 atom stereocenters. The number of carbonyl (C=O) groups is 2. The molecule has 1 saturated heterocycles. The van der Waals surface area contributed by atoms with Gasteiger partial charge in [0.05, 0.1) is 20.3 Å². The molecule has 2 rings (SSSR count). The van der Waals surface area contributed by atoms with Gasteiger partial charge in [0.15, 0.2) is 5.79 Å². The van der Waals surface area contributed by atoms with E-state index >= 15 is 0 Å². The number of esters is 1. The number of rotatable bonds is 4. The van der Waals surface area contributed by atoms with E-state index in [2.05, 4.69) is 13.8 Å². The van der Waals surface area contributed by atoms with E-state index in [0.29, 0.717) is 32.5 Å². The summed E-state index contributed by atoms with van der Waals surface area (Å²) in [7, 11) is 1.33. The second-order valence-electron chi connectivity index (χ2n) is 7.06. The highest BCUT2D eigenvalue weighted by Gasteiger charge is 2.45. The number of hydrogen-bond donors (Lipinski definition) is 0. The summed E-state index contributed by atoms with van der Waals surface area (Å²) in [5, 5.41) is 0. The lowest BCUT2D eigenvalue weighted by Gasteiger charge is -2.44. The fourth-order valence-corrected chi connectivity index (χ4v) is 3.14. The van der Waals surface area contributed by atoms with Crippen LogP contribution in [0.2, 0.25) is 0 Å². The largest absolute Gasteiger partial charge is 0.468 e. The van der Waals surface area contributed by atoms with Crippen molar-refractivity contribution in [3.8, 4) is 0 Å². The van der Waals surface area contributed by atoms with Crippen LogP contribution in [0.15, 0.2) is 0 Å². The topological polar surface area (TPSA) is 61.8 Å². The maximum absolute atomic E-state index is 11.9. The van der Waals surface area contributed by atoms with E-state index < -0.39 is 17.7 Å². The van der Waals surface area contributed by atoms with E-state index in [1.165, 1.54) is 7.11 Å². The van der Waals surface area contributed by atoms with Crippen LogP contribution in [0.3, 0.4) is 0 Å². The third-order valence-corrected chi connectivity index (χ3v) is 4.52. The maximum Gasteiger partial charge on any atom is 0.316 e. The van der Waals surface area contributed by atoms with Gasteiger partial charge in [-0.25, -0.2) is 0 Å². The van der Waals surface area contributed by atoms with Gasteiger partial charge in [-0.15, -0.1) is 0 Å². The molecule has 2 aliphatic rings. The fourth-order valence-electron chi connectivity index (χ4n) is 3.14. The van der Waals surface area contributed by atoms with E-state index in [0.717, 1.165) is 6.42 Å². The summed E-state index contributed by atoms with van der Waals surface area (Å²) in [4.78, 5) is 23.5. The van der Waals surface area contributed by atoms with E-state index in [9.17, 15) is 9.59 Å². The van der Waals surface area contributed by atoms with Gasteiger partial charge < -0.3 is 14.2 Å². The van der Waals surface area contributed by atoms with E-state index in [-0.39, 0.29) is 17.1 Å². The molecule has 0 aromatic carbocycles. The molecule has 1 aliphatic heterocycles. The number of ether oxygens (including phenoxy) is 3. The van der Waals surface area contributed by atoms with Crippen molar-refractivity contribution < 1.29 is 23.8 Å². The minimum Gasteiger partial charge on any atom is -0.468 e. The molecule has 1 saturated carbocycles. The normalized spacial score (nSPS) is 31.1. The summed E-state index contributed by atoms with van der Waals surface area (Å²) >= 11 is 0. The van der Waals surface area contributed by atoms with E-state index in [1.807, 2.05) is 6.92 Å². The number of hydrogen-bond acceptors (Lipinski definition) is 5. The van der Waals surface area contributed by atoms with Crippen LogP contribution in [0.1, 0.15) is 46.5 Å². The first-order chi connectivity index (χ1) is 9.81. The highest BCUT2D eigenvalue weighted by molar-refractivity contribution is 6.00. The maximum atomic E-state index is 11.9. The van der Waals surface area contributed by atoms with Gasteiger partial charge in [0, 0.05) is 18.3 Å². The second-order valence-corrected chi connectivity index (χ2v) is 7.06. The minimum atomic E-state index is -0.606. The highest BCUT2D eigenvalue weighted by atomic mass is 16.7. The fraction of sp³-hybridized carbons (Fsp3) is 0.875. The zero-order chi connectivity index (χ0) is 15.7. The molecule has 120 valence electrons. The van der Waals surface area contributed by atoms with Crippen LogP contribution in [-0.4, -0.2) is 37.9 Å². The predicted molar refractivity (Wildman–Crippen MR) is 76.6 cm³/mol. The quantitative estimate of drug-likeness (QED) is 0.589. The summed E-state index contributed by atoms with van der Waals surface area (Å²) in [6, 6.07) is 0. The molecule has 5 nitrogen and oxygen atoms in total. The molecule has 0 spiro atoms. The van der Waals surface area contributed by atoms with Crippen molar-refractivity contribution >= 4 is 11.8 Å². The van der Waals surface area contributed by atoms with Crippen molar-refractivity contribution in [2.45, 2.75) is 52.2 Å². The Hall–Kier alpha value is -0.940. The Bertz CT molecular complexity index is 405. The first-order valence-electron chi connectivity index (χ1n) is 7.69. The Kier molecular flexibility index (Phi) is 4.73. The predicted octanol–water partition coefficient (Wildman–Crippen LogP) is 2.32. The molecule has 5 heteroatoms. The average molecular weight is 298 g/mol. The summed E-state index contributed by atoms with van der Waals surface area (Å²) in [5.41, 5.74) is 0.0265. The lowest BCUT2D eigenvalue weighted by Crippen LogP contribution is -2.48. The number of methoxy groups -OCH3 is 1. The first kappa shape index (κ1) is 16.4. The van der Waals surface area contributed by atoms with E-state index in [4.69, 9.17) is 14.2 Å². The Morgan fingerprint density at radius 2 is 1.95 bits per heavy atom. The van der Waals surface area contributed by atoms with Gasteiger partial charge in [0.25, 0.3) is 0 Å². The lowest BCUT2D eigenvalue weighted by molar-refractivity contribution is -0.306. The van der Waals surface area contributed by atoms with Crippen LogP contribution in [0.4, 0.5) is 0 Å². The summed E-state index contributed by atoms with van der Waals surface area (Å²) in [6.45, 7) is 7.56. The van der Waals surface area contributed by atoms with Crippen molar-refractivity contribution in [1.29, 1.82) is 0 Å². The van der Waals surface area contributed by atoms with Crippen LogP contribution in [0.25, 0.3) is 0 Å². The Morgan fingerprint density at radius 1 is 1.33 bits per heavy atom. The van der Waals surface area contributed by atoms with Crippen molar-refractivity contribution in [1.82, 2.24) is 0 Å². The minimum absolute atomic E-state index is 0.0192. The van der Waals surface area contributed by atoms with Gasteiger partial charge in [-0.1, -0.05) is 20.8 Å². The molecule has 1 heterocycles. The van der Waals surface area contributed by atoms with E-state index in [1.54, 1.807) is 0 Å². The smallest absolute Gasteiger partial charge is 0.316 e. The molecule has 1 aliphatic carbocycles. The molecular weight excluding hydrogens is 272 g/mol. The van der Waals surface area contributed by atoms with Crippen LogP contribution >= 0.6 is 0 Å². The van der Waals surface area contributed by atoms with Crippen molar-refractivity contribution in [3.05, 3.63) is 0 Å². The van der Waals surface area contributed by atoms with Gasteiger partial charge in [0.2, 0.25) is 0 Å². The molecule has 1 unspecified atom stereocenters. The van der Waals surface area contributed by atoms with Crippen LogP contribution in [-0.2, 0) is 23.8 Å². The summed E-state index contributed by atoms with van der Waals surface area (Å²) < 4.78 is 16.7. The third-order valence-electron chi connectivity index (χ3n) is 4.52.